The van der Waals surface area contributed by atoms with Gasteiger partial charge >= 0.3 is 0 Å². The zero-order chi connectivity index (χ0) is 21.0. The Morgan fingerprint density at radius 2 is 2.07 bits per heavy atom. The zero-order valence-corrected chi connectivity index (χ0v) is 17.0. The van der Waals surface area contributed by atoms with E-state index in [2.05, 4.69) is 10.3 Å². The SMILES string of the molecule is CS(=O)(=O)Cc1cccc(C(=O)Nc2ccc(N3CCCC(C(N)=O)C3)nc2)c1. The molecular weight excluding hydrogens is 392 g/mol. The molecule has 1 unspecified atom stereocenters. The topological polar surface area (TPSA) is 122 Å². The molecule has 1 atom stereocenters. The Bertz CT molecular complexity index is 1010. The predicted octanol–water partition coefficient (Wildman–Crippen LogP) is 1.58. The molecule has 8 nitrogen and oxygen atoms in total. The van der Waals surface area contributed by atoms with E-state index in [0.29, 0.717) is 23.4 Å². The normalized spacial score (nSPS) is 17.0. The minimum atomic E-state index is -3.18. The molecule has 0 radical (unpaired) electrons. The third-order valence-electron chi connectivity index (χ3n) is 4.77. The first-order valence-electron chi connectivity index (χ1n) is 9.29. The maximum atomic E-state index is 12.5. The molecule has 0 bridgehead atoms. The molecule has 9 heteroatoms. The van der Waals surface area contributed by atoms with E-state index in [1.165, 1.54) is 0 Å². The van der Waals surface area contributed by atoms with Crippen LogP contribution in [-0.4, -0.2) is 44.6 Å². The van der Waals surface area contributed by atoms with Crippen LogP contribution in [0.5, 0.6) is 0 Å². The van der Waals surface area contributed by atoms with Gasteiger partial charge in [-0.1, -0.05) is 12.1 Å². The van der Waals surface area contributed by atoms with Crippen molar-refractivity contribution in [3.05, 3.63) is 53.7 Å². The number of carbonyl (C=O) groups is 2. The lowest BCUT2D eigenvalue weighted by atomic mass is 9.97. The average molecular weight is 417 g/mol. The van der Waals surface area contributed by atoms with E-state index < -0.39 is 9.84 Å². The molecule has 154 valence electrons. The predicted molar refractivity (Wildman–Crippen MR) is 111 cm³/mol. The summed E-state index contributed by atoms with van der Waals surface area (Å²) in [5, 5.41) is 2.76. The molecule has 0 spiro atoms. The highest BCUT2D eigenvalue weighted by molar-refractivity contribution is 7.89. The second kappa shape index (κ2) is 8.60. The van der Waals surface area contributed by atoms with Crippen LogP contribution in [0.15, 0.2) is 42.6 Å². The molecule has 0 aliphatic carbocycles. The van der Waals surface area contributed by atoms with Crippen molar-refractivity contribution in [2.75, 3.05) is 29.6 Å². The summed E-state index contributed by atoms with van der Waals surface area (Å²) in [4.78, 5) is 30.3. The quantitative estimate of drug-likeness (QED) is 0.737. The molecule has 2 aromatic rings. The Morgan fingerprint density at radius 3 is 2.72 bits per heavy atom. The summed E-state index contributed by atoms with van der Waals surface area (Å²) in [5.41, 5.74) is 6.87. The summed E-state index contributed by atoms with van der Waals surface area (Å²) in [7, 11) is -3.18. The summed E-state index contributed by atoms with van der Waals surface area (Å²) in [6.45, 7) is 1.34. The minimum absolute atomic E-state index is 0.119. The van der Waals surface area contributed by atoms with Crippen molar-refractivity contribution in [2.45, 2.75) is 18.6 Å². The summed E-state index contributed by atoms with van der Waals surface area (Å²) in [5.74, 6) is -0.210. The fourth-order valence-electron chi connectivity index (χ4n) is 3.37. The molecule has 1 saturated heterocycles. The van der Waals surface area contributed by atoms with Gasteiger partial charge in [-0.25, -0.2) is 13.4 Å². The zero-order valence-electron chi connectivity index (χ0n) is 16.2. The lowest BCUT2D eigenvalue weighted by Crippen LogP contribution is -2.41. The first-order valence-corrected chi connectivity index (χ1v) is 11.4. The fourth-order valence-corrected chi connectivity index (χ4v) is 4.16. The van der Waals surface area contributed by atoms with Crippen LogP contribution in [0, 0.1) is 5.92 Å². The number of sulfone groups is 1. The van der Waals surface area contributed by atoms with Gasteiger partial charge in [0.05, 0.1) is 23.6 Å². The van der Waals surface area contributed by atoms with E-state index in [-0.39, 0.29) is 23.5 Å². The number of nitrogens with two attached hydrogens (primary N) is 1. The minimum Gasteiger partial charge on any atom is -0.369 e. The van der Waals surface area contributed by atoms with Crippen LogP contribution in [0.4, 0.5) is 11.5 Å². The van der Waals surface area contributed by atoms with Crippen molar-refractivity contribution >= 4 is 33.2 Å². The van der Waals surface area contributed by atoms with Crippen LogP contribution >= 0.6 is 0 Å². The lowest BCUT2D eigenvalue weighted by Gasteiger charge is -2.32. The maximum Gasteiger partial charge on any atom is 0.255 e. The number of anilines is 2. The van der Waals surface area contributed by atoms with E-state index in [1.54, 1.807) is 42.6 Å². The van der Waals surface area contributed by atoms with E-state index in [0.717, 1.165) is 31.5 Å². The smallest absolute Gasteiger partial charge is 0.255 e. The Hall–Kier alpha value is -2.94. The molecular formula is C20H24N4O4S. The Morgan fingerprint density at radius 1 is 1.28 bits per heavy atom. The second-order valence-electron chi connectivity index (χ2n) is 7.32. The Kier molecular flexibility index (Phi) is 6.17. The third-order valence-corrected chi connectivity index (χ3v) is 5.63. The number of hydrogen-bond acceptors (Lipinski definition) is 6. The summed E-state index contributed by atoms with van der Waals surface area (Å²) in [6, 6.07) is 10.1. The standard InChI is InChI=1S/C20H24N4O4S/c1-29(27,28)13-14-4-2-5-15(10-14)20(26)23-17-7-8-18(22-11-17)24-9-3-6-16(12-24)19(21)25/h2,4-5,7-8,10-11,16H,3,6,9,12-13H2,1H3,(H2,21,25)(H,23,26). The first-order chi connectivity index (χ1) is 13.7. The van der Waals surface area contributed by atoms with Crippen molar-refractivity contribution in [2.24, 2.45) is 11.7 Å². The number of aromatic nitrogens is 1. The van der Waals surface area contributed by atoms with Crippen molar-refractivity contribution in [3.63, 3.8) is 0 Å². The molecule has 1 fully saturated rings. The first kappa shape index (κ1) is 20.8. The van der Waals surface area contributed by atoms with Crippen LogP contribution in [0.3, 0.4) is 0 Å². The van der Waals surface area contributed by atoms with Crippen LogP contribution in [-0.2, 0) is 20.4 Å². The highest BCUT2D eigenvalue weighted by atomic mass is 32.2. The molecule has 1 aromatic heterocycles. The highest BCUT2D eigenvalue weighted by Crippen LogP contribution is 2.22. The van der Waals surface area contributed by atoms with Crippen molar-refractivity contribution in [1.29, 1.82) is 0 Å². The van der Waals surface area contributed by atoms with Crippen LogP contribution < -0.4 is 16.0 Å². The highest BCUT2D eigenvalue weighted by Gasteiger charge is 2.24. The number of benzene rings is 1. The summed E-state index contributed by atoms with van der Waals surface area (Å²) < 4.78 is 22.9. The summed E-state index contributed by atoms with van der Waals surface area (Å²) >= 11 is 0. The molecule has 29 heavy (non-hydrogen) atoms. The number of nitrogens with one attached hydrogen (secondary N) is 1. The van der Waals surface area contributed by atoms with Gasteiger partial charge in [0.1, 0.15) is 5.82 Å². The number of piperidine rings is 1. The number of hydrogen-bond donors (Lipinski definition) is 2. The molecule has 1 aliphatic rings. The van der Waals surface area contributed by atoms with E-state index in [9.17, 15) is 18.0 Å². The Labute approximate surface area is 170 Å². The van der Waals surface area contributed by atoms with Gasteiger partial charge in [0.2, 0.25) is 5.91 Å². The van der Waals surface area contributed by atoms with Crippen LogP contribution in [0.1, 0.15) is 28.8 Å². The van der Waals surface area contributed by atoms with Gasteiger partial charge < -0.3 is 16.0 Å². The van der Waals surface area contributed by atoms with Gasteiger partial charge in [0, 0.05) is 24.9 Å². The third kappa shape index (κ3) is 5.77. The fraction of sp³-hybridized carbons (Fsp3) is 0.350. The molecule has 2 amide bonds. The molecule has 1 aliphatic heterocycles. The van der Waals surface area contributed by atoms with Gasteiger partial charge in [0.25, 0.3) is 5.91 Å². The van der Waals surface area contributed by atoms with E-state index in [1.807, 2.05) is 4.90 Å². The summed E-state index contributed by atoms with van der Waals surface area (Å²) in [6.07, 6.45) is 4.37. The van der Waals surface area contributed by atoms with Crippen molar-refractivity contribution < 1.29 is 18.0 Å². The monoisotopic (exact) mass is 416 g/mol. The molecule has 3 N–H and O–H groups in total. The van der Waals surface area contributed by atoms with Gasteiger partial charge in [-0.2, -0.15) is 0 Å². The number of nitrogens with zero attached hydrogens (tertiary/aromatic N) is 2. The Balaban J connectivity index is 1.66. The lowest BCUT2D eigenvalue weighted by molar-refractivity contribution is -0.122. The number of primary amides is 1. The van der Waals surface area contributed by atoms with Gasteiger partial charge in [-0.15, -0.1) is 0 Å². The average Bonchev–Trinajstić information content (AvgIpc) is 2.67. The van der Waals surface area contributed by atoms with Gasteiger partial charge in [-0.05, 0) is 42.7 Å². The number of pyridine rings is 1. The molecule has 3 rings (SSSR count). The van der Waals surface area contributed by atoms with Gasteiger partial charge in [0.15, 0.2) is 9.84 Å². The van der Waals surface area contributed by atoms with E-state index >= 15 is 0 Å². The largest absolute Gasteiger partial charge is 0.369 e. The van der Waals surface area contributed by atoms with Crippen molar-refractivity contribution in [3.8, 4) is 0 Å². The number of carbonyl (C=O) groups excluding carboxylic acids is 2. The van der Waals surface area contributed by atoms with Crippen LogP contribution in [0.2, 0.25) is 0 Å². The number of amides is 2. The maximum absolute atomic E-state index is 12.5. The molecule has 1 aromatic carbocycles. The van der Waals surface area contributed by atoms with Crippen LogP contribution in [0.25, 0.3) is 0 Å². The second-order valence-corrected chi connectivity index (χ2v) is 9.46. The molecule has 2 heterocycles. The van der Waals surface area contributed by atoms with E-state index in [4.69, 9.17) is 5.73 Å². The number of rotatable bonds is 6. The molecule has 0 saturated carbocycles. The van der Waals surface area contributed by atoms with Crippen molar-refractivity contribution in [1.82, 2.24) is 4.98 Å². The van der Waals surface area contributed by atoms with Gasteiger partial charge in [-0.3, -0.25) is 9.59 Å².